The van der Waals surface area contributed by atoms with Gasteiger partial charge in [-0.2, -0.15) is 0 Å². The standard InChI is InChI=1S/C12H18N4O.2ClH/c1-9-7-15-10(8-14-9)11(17)16-12(2)3-5-13-6-4-12;;/h7-8,13H,3-6H2,1-2H3,(H,16,17);2*1H. The topological polar surface area (TPSA) is 66.9 Å². The first-order chi connectivity index (χ1) is 8.09. The Balaban J connectivity index is 0.00000162. The van der Waals surface area contributed by atoms with Crippen LogP contribution in [0.3, 0.4) is 0 Å². The van der Waals surface area contributed by atoms with Crippen molar-refractivity contribution < 1.29 is 4.79 Å². The Morgan fingerprint density at radius 2 is 1.89 bits per heavy atom. The van der Waals surface area contributed by atoms with Crippen LogP contribution in [0.15, 0.2) is 12.4 Å². The van der Waals surface area contributed by atoms with Crippen molar-refractivity contribution in [2.75, 3.05) is 13.1 Å². The summed E-state index contributed by atoms with van der Waals surface area (Å²) in [5.74, 6) is -0.137. The van der Waals surface area contributed by atoms with Gasteiger partial charge in [0.05, 0.1) is 11.9 Å². The minimum Gasteiger partial charge on any atom is -0.345 e. The Hall–Kier alpha value is -0.910. The number of aromatic nitrogens is 2. The van der Waals surface area contributed by atoms with E-state index in [4.69, 9.17) is 0 Å². The molecule has 2 heterocycles. The van der Waals surface area contributed by atoms with Gasteiger partial charge < -0.3 is 10.6 Å². The highest BCUT2D eigenvalue weighted by Gasteiger charge is 2.28. The van der Waals surface area contributed by atoms with Gasteiger partial charge in [0.15, 0.2) is 0 Å². The third-order valence-corrected chi connectivity index (χ3v) is 3.14. The average Bonchev–Trinajstić information content (AvgIpc) is 2.30. The van der Waals surface area contributed by atoms with Crippen LogP contribution in [0.4, 0.5) is 0 Å². The van der Waals surface area contributed by atoms with E-state index >= 15 is 0 Å². The number of halogens is 2. The van der Waals surface area contributed by atoms with Gasteiger partial charge >= 0.3 is 0 Å². The Bertz CT molecular complexity index is 405. The van der Waals surface area contributed by atoms with Crippen LogP contribution in [0, 0.1) is 6.92 Å². The number of hydrogen-bond donors (Lipinski definition) is 2. The van der Waals surface area contributed by atoms with Crippen molar-refractivity contribution in [3.8, 4) is 0 Å². The van der Waals surface area contributed by atoms with Crippen LogP contribution in [0.25, 0.3) is 0 Å². The van der Waals surface area contributed by atoms with Crippen LogP contribution < -0.4 is 10.6 Å². The second-order valence-electron chi connectivity index (χ2n) is 4.81. The molecular weight excluding hydrogens is 287 g/mol. The molecule has 0 aromatic carbocycles. The van der Waals surface area contributed by atoms with Gasteiger partial charge in [-0.25, -0.2) is 4.98 Å². The fourth-order valence-corrected chi connectivity index (χ4v) is 1.95. The van der Waals surface area contributed by atoms with Crippen LogP contribution in [-0.2, 0) is 0 Å². The second kappa shape index (κ2) is 7.62. The fraction of sp³-hybridized carbons (Fsp3) is 0.583. The molecule has 0 bridgehead atoms. The summed E-state index contributed by atoms with van der Waals surface area (Å²) in [6.07, 6.45) is 5.02. The van der Waals surface area contributed by atoms with Crippen molar-refractivity contribution in [2.45, 2.75) is 32.2 Å². The third kappa shape index (κ3) is 4.93. The van der Waals surface area contributed by atoms with Gasteiger partial charge in [0.2, 0.25) is 0 Å². The number of nitrogens with one attached hydrogen (secondary N) is 2. The number of aryl methyl sites for hydroxylation is 1. The number of carbonyl (C=O) groups excluding carboxylic acids is 1. The number of hydrogen-bond acceptors (Lipinski definition) is 4. The zero-order valence-corrected chi connectivity index (χ0v) is 12.7. The van der Waals surface area contributed by atoms with E-state index < -0.39 is 0 Å². The summed E-state index contributed by atoms with van der Waals surface area (Å²) in [5.41, 5.74) is 1.07. The third-order valence-electron chi connectivity index (χ3n) is 3.14. The number of carbonyl (C=O) groups is 1. The van der Waals surface area contributed by atoms with Crippen LogP contribution in [-0.4, -0.2) is 34.5 Å². The maximum absolute atomic E-state index is 12.0. The normalized spacial score (nSPS) is 16.7. The quantitative estimate of drug-likeness (QED) is 0.869. The SMILES string of the molecule is Cc1cnc(C(=O)NC2(C)CCNCC2)cn1.Cl.Cl. The Labute approximate surface area is 125 Å². The smallest absolute Gasteiger partial charge is 0.271 e. The highest BCUT2D eigenvalue weighted by atomic mass is 35.5. The summed E-state index contributed by atoms with van der Waals surface area (Å²) in [6.45, 7) is 5.81. The molecule has 1 amide bonds. The molecule has 0 atom stereocenters. The molecule has 2 N–H and O–H groups in total. The summed E-state index contributed by atoms with van der Waals surface area (Å²) in [5, 5.41) is 6.33. The first-order valence-electron chi connectivity index (χ1n) is 5.91. The van der Waals surface area contributed by atoms with Crippen LogP contribution in [0.5, 0.6) is 0 Å². The molecule has 5 nitrogen and oxygen atoms in total. The number of amides is 1. The predicted molar refractivity (Wildman–Crippen MR) is 79.2 cm³/mol. The monoisotopic (exact) mass is 306 g/mol. The first kappa shape index (κ1) is 18.1. The van der Waals surface area contributed by atoms with Crippen molar-refractivity contribution >= 4 is 30.7 Å². The van der Waals surface area contributed by atoms with Gasteiger partial charge in [-0.1, -0.05) is 0 Å². The van der Waals surface area contributed by atoms with E-state index in [1.807, 2.05) is 6.92 Å². The summed E-state index contributed by atoms with van der Waals surface area (Å²) in [7, 11) is 0. The van der Waals surface area contributed by atoms with E-state index in [-0.39, 0.29) is 36.3 Å². The molecule has 0 unspecified atom stereocenters. The molecule has 0 saturated carbocycles. The molecule has 1 aliphatic rings. The lowest BCUT2D eigenvalue weighted by Gasteiger charge is -2.34. The highest BCUT2D eigenvalue weighted by Crippen LogP contribution is 2.17. The molecule has 1 aromatic heterocycles. The molecular formula is C12H20Cl2N4O. The van der Waals surface area contributed by atoms with E-state index in [1.165, 1.54) is 6.20 Å². The van der Waals surface area contributed by atoms with Gasteiger partial charge in [-0.05, 0) is 39.8 Å². The summed E-state index contributed by atoms with van der Waals surface area (Å²) < 4.78 is 0. The number of nitrogens with zero attached hydrogens (tertiary/aromatic N) is 2. The van der Waals surface area contributed by atoms with Gasteiger partial charge in [-0.15, -0.1) is 24.8 Å². The zero-order chi connectivity index (χ0) is 12.3. The first-order valence-corrected chi connectivity index (χ1v) is 5.91. The van der Waals surface area contributed by atoms with E-state index in [0.29, 0.717) is 5.69 Å². The summed E-state index contributed by atoms with van der Waals surface area (Å²) >= 11 is 0. The van der Waals surface area contributed by atoms with Gasteiger partial charge in [-0.3, -0.25) is 9.78 Å². The molecule has 7 heteroatoms. The molecule has 1 aromatic rings. The Kier molecular flexibility index (Phi) is 7.26. The molecule has 0 radical (unpaired) electrons. The Morgan fingerprint density at radius 3 is 2.42 bits per heavy atom. The maximum Gasteiger partial charge on any atom is 0.271 e. The van der Waals surface area contributed by atoms with Gasteiger partial charge in [0.25, 0.3) is 5.91 Å². The molecule has 19 heavy (non-hydrogen) atoms. The Morgan fingerprint density at radius 1 is 1.26 bits per heavy atom. The second-order valence-corrected chi connectivity index (χ2v) is 4.81. The van der Waals surface area contributed by atoms with Crippen LogP contribution in [0.2, 0.25) is 0 Å². The van der Waals surface area contributed by atoms with Crippen molar-refractivity contribution in [1.29, 1.82) is 0 Å². The van der Waals surface area contributed by atoms with Crippen molar-refractivity contribution in [1.82, 2.24) is 20.6 Å². The molecule has 0 aliphatic carbocycles. The molecule has 1 aliphatic heterocycles. The highest BCUT2D eigenvalue weighted by molar-refractivity contribution is 5.92. The maximum atomic E-state index is 12.0. The predicted octanol–water partition coefficient (Wildman–Crippen LogP) is 1.50. The van der Waals surface area contributed by atoms with E-state index in [2.05, 4.69) is 27.5 Å². The lowest BCUT2D eigenvalue weighted by molar-refractivity contribution is 0.0882. The average molecular weight is 307 g/mol. The van der Waals surface area contributed by atoms with Crippen molar-refractivity contribution in [3.63, 3.8) is 0 Å². The fourth-order valence-electron chi connectivity index (χ4n) is 1.95. The molecule has 0 spiro atoms. The van der Waals surface area contributed by atoms with E-state index in [9.17, 15) is 4.79 Å². The van der Waals surface area contributed by atoms with Crippen LogP contribution in [0.1, 0.15) is 35.9 Å². The molecule has 1 fully saturated rings. The van der Waals surface area contributed by atoms with Gasteiger partial charge in [0, 0.05) is 11.7 Å². The lowest BCUT2D eigenvalue weighted by atomic mass is 9.90. The zero-order valence-electron chi connectivity index (χ0n) is 11.1. The van der Waals surface area contributed by atoms with Gasteiger partial charge in [0.1, 0.15) is 5.69 Å². The largest absolute Gasteiger partial charge is 0.345 e. The van der Waals surface area contributed by atoms with Crippen LogP contribution >= 0.6 is 24.8 Å². The lowest BCUT2D eigenvalue weighted by Crippen LogP contribution is -2.52. The number of rotatable bonds is 2. The minimum atomic E-state index is -0.137. The number of piperidine rings is 1. The minimum absolute atomic E-state index is 0. The van der Waals surface area contributed by atoms with Crippen molar-refractivity contribution in [3.05, 3.63) is 23.8 Å². The van der Waals surface area contributed by atoms with E-state index in [1.54, 1.807) is 6.20 Å². The summed E-state index contributed by atoms with van der Waals surface area (Å²) in [4.78, 5) is 20.2. The molecule has 108 valence electrons. The molecule has 2 rings (SSSR count). The van der Waals surface area contributed by atoms with E-state index in [0.717, 1.165) is 31.6 Å². The van der Waals surface area contributed by atoms with Crippen molar-refractivity contribution in [2.24, 2.45) is 0 Å². The summed E-state index contributed by atoms with van der Waals surface area (Å²) in [6, 6.07) is 0. The molecule has 1 saturated heterocycles.